The topological polar surface area (TPSA) is 70.2 Å². The summed E-state index contributed by atoms with van der Waals surface area (Å²) >= 11 is 12.6. The highest BCUT2D eigenvalue weighted by atomic mass is 35.5. The summed E-state index contributed by atoms with van der Waals surface area (Å²) in [6, 6.07) is 17.3. The molecule has 1 spiro atoms. The molecule has 1 N–H and O–H groups in total. The predicted molar refractivity (Wildman–Crippen MR) is 130 cm³/mol. The number of aromatic nitrogens is 1. The minimum absolute atomic E-state index is 0.0426. The number of nitrogens with zero attached hydrogens (tertiary/aromatic N) is 1. The number of carbonyl (C=O) groups is 1. The fourth-order valence-electron chi connectivity index (χ4n) is 5.20. The van der Waals surface area contributed by atoms with Crippen LogP contribution in [-0.4, -0.2) is 25.7 Å². The van der Waals surface area contributed by atoms with Crippen LogP contribution in [0.4, 0.5) is 5.69 Å². The molecule has 2 heterocycles. The Hall–Kier alpha value is -2.80. The molecule has 1 aliphatic carbocycles. The van der Waals surface area contributed by atoms with Gasteiger partial charge in [-0.15, -0.1) is 0 Å². The lowest BCUT2D eigenvalue weighted by Crippen LogP contribution is -2.37. The van der Waals surface area contributed by atoms with Crippen LogP contribution >= 0.6 is 23.2 Å². The van der Waals surface area contributed by atoms with E-state index in [9.17, 15) is 13.2 Å². The van der Waals surface area contributed by atoms with Gasteiger partial charge in [0.2, 0.25) is 0 Å². The zero-order valence-electron chi connectivity index (χ0n) is 17.5. The summed E-state index contributed by atoms with van der Waals surface area (Å²) in [6.45, 7) is 2.02. The molecule has 8 heteroatoms. The van der Waals surface area contributed by atoms with E-state index >= 15 is 0 Å². The van der Waals surface area contributed by atoms with Crippen LogP contribution in [0.1, 0.15) is 33.6 Å². The number of sulfonamides is 1. The molecule has 6 rings (SSSR count). The molecule has 0 amide bonds. The van der Waals surface area contributed by atoms with Crippen LogP contribution in [0.15, 0.2) is 65.6 Å². The van der Waals surface area contributed by atoms with Crippen molar-refractivity contribution in [2.24, 2.45) is 0 Å². The summed E-state index contributed by atoms with van der Waals surface area (Å²) < 4.78 is 28.9. The smallest absolute Gasteiger partial charge is 0.264 e. The quantitative estimate of drug-likeness (QED) is 0.377. The van der Waals surface area contributed by atoms with Gasteiger partial charge in [-0.1, -0.05) is 40.9 Å². The first-order valence-corrected chi connectivity index (χ1v) is 12.6. The number of carbonyl (C=O) groups excluding carboxylic acids is 1. The van der Waals surface area contributed by atoms with Gasteiger partial charge >= 0.3 is 0 Å². The van der Waals surface area contributed by atoms with E-state index in [2.05, 4.69) is 4.98 Å². The highest BCUT2D eigenvalue weighted by Crippen LogP contribution is 2.55. The first-order valence-electron chi connectivity index (χ1n) is 10.5. The summed E-state index contributed by atoms with van der Waals surface area (Å²) in [7, 11) is -3.86. The number of ketones is 1. The van der Waals surface area contributed by atoms with Crippen molar-refractivity contribution in [3.8, 4) is 0 Å². The van der Waals surface area contributed by atoms with Crippen LogP contribution in [0.5, 0.6) is 0 Å². The van der Waals surface area contributed by atoms with Crippen molar-refractivity contribution < 1.29 is 13.2 Å². The minimum Gasteiger partial charge on any atom is -0.357 e. The van der Waals surface area contributed by atoms with Gasteiger partial charge < -0.3 is 4.98 Å². The molecule has 2 aliphatic rings. The lowest BCUT2D eigenvalue weighted by atomic mass is 9.80. The van der Waals surface area contributed by atoms with Crippen LogP contribution in [0.25, 0.3) is 10.9 Å². The van der Waals surface area contributed by atoms with Crippen molar-refractivity contribution in [3.05, 3.63) is 93.1 Å². The third-order valence-electron chi connectivity index (χ3n) is 6.75. The summed E-state index contributed by atoms with van der Waals surface area (Å²) in [5.41, 5.74) is 3.48. The van der Waals surface area contributed by atoms with Gasteiger partial charge in [0, 0.05) is 38.6 Å². The van der Waals surface area contributed by atoms with Gasteiger partial charge in [0.1, 0.15) is 0 Å². The van der Waals surface area contributed by atoms with E-state index in [1.807, 2.05) is 13.0 Å². The zero-order chi connectivity index (χ0) is 23.1. The normalized spacial score (nSPS) is 19.5. The molecular weight excluding hydrogens is 479 g/mol. The number of hydrogen-bond donors (Lipinski definition) is 1. The lowest BCUT2D eigenvalue weighted by Gasteiger charge is -2.25. The third kappa shape index (κ3) is 2.84. The van der Waals surface area contributed by atoms with E-state index in [0.29, 0.717) is 21.3 Å². The number of anilines is 1. The van der Waals surface area contributed by atoms with Crippen molar-refractivity contribution in [2.45, 2.75) is 23.7 Å². The number of hydrogen-bond acceptors (Lipinski definition) is 3. The largest absolute Gasteiger partial charge is 0.357 e. The van der Waals surface area contributed by atoms with Gasteiger partial charge in [-0.3, -0.25) is 9.10 Å². The van der Waals surface area contributed by atoms with Crippen LogP contribution in [-0.2, 0) is 15.4 Å². The predicted octanol–water partition coefficient (Wildman–Crippen LogP) is 5.86. The summed E-state index contributed by atoms with van der Waals surface area (Å²) in [6.07, 6.45) is 0.157. The molecule has 3 aromatic carbocycles. The van der Waals surface area contributed by atoms with Crippen molar-refractivity contribution in [3.63, 3.8) is 0 Å². The number of aromatic amines is 1. The molecule has 4 aromatic rings. The summed E-state index contributed by atoms with van der Waals surface area (Å²) in [4.78, 5) is 16.9. The van der Waals surface area contributed by atoms with E-state index in [1.165, 1.54) is 4.31 Å². The molecule has 0 radical (unpaired) electrons. The Morgan fingerprint density at radius 1 is 0.970 bits per heavy atom. The molecule has 5 nitrogen and oxygen atoms in total. The van der Waals surface area contributed by atoms with Gasteiger partial charge in [0.15, 0.2) is 5.78 Å². The van der Waals surface area contributed by atoms with Crippen LogP contribution in [0, 0.1) is 6.92 Å². The van der Waals surface area contributed by atoms with Crippen LogP contribution < -0.4 is 4.31 Å². The maximum Gasteiger partial charge on any atom is 0.264 e. The number of fused-ring (bicyclic) bond motifs is 6. The number of H-pyrrole nitrogens is 1. The number of benzene rings is 3. The van der Waals surface area contributed by atoms with Gasteiger partial charge in [-0.2, -0.15) is 0 Å². The molecular formula is C25H18Cl2N2O3S. The standard InChI is InChI=1S/C25H18Cl2N2O3S/c1-14-2-6-17(7-3-14)33(31,32)29-13-25(19-11-16(27)5-9-21(19)29)12-22(30)23-18-10-15(26)4-8-20(18)28-24(23)25/h2-11,28H,12-13H2,1H3/t25-/m1/s1. The second-order valence-electron chi connectivity index (χ2n) is 8.73. The Morgan fingerprint density at radius 2 is 1.67 bits per heavy atom. The van der Waals surface area contributed by atoms with Crippen molar-refractivity contribution in [2.75, 3.05) is 10.8 Å². The van der Waals surface area contributed by atoms with Crippen LogP contribution in [0.2, 0.25) is 10.0 Å². The van der Waals surface area contributed by atoms with Gasteiger partial charge in [-0.25, -0.2) is 8.42 Å². The van der Waals surface area contributed by atoms with Crippen LogP contribution in [0.3, 0.4) is 0 Å². The second kappa shape index (κ2) is 6.86. The van der Waals surface area contributed by atoms with E-state index in [0.717, 1.165) is 27.7 Å². The zero-order valence-corrected chi connectivity index (χ0v) is 19.9. The second-order valence-corrected chi connectivity index (χ2v) is 11.5. The number of nitrogens with one attached hydrogen (secondary N) is 1. The fourth-order valence-corrected chi connectivity index (χ4v) is 7.09. The minimum atomic E-state index is -3.86. The molecule has 0 unspecified atom stereocenters. The van der Waals surface area contributed by atoms with E-state index in [-0.39, 0.29) is 23.6 Å². The van der Waals surface area contributed by atoms with Gasteiger partial charge in [0.25, 0.3) is 10.0 Å². The molecule has 0 fully saturated rings. The maximum atomic E-state index is 13.7. The Morgan fingerprint density at radius 3 is 2.42 bits per heavy atom. The summed E-state index contributed by atoms with van der Waals surface area (Å²) in [5.74, 6) is -0.0426. The summed E-state index contributed by atoms with van der Waals surface area (Å²) in [5, 5.41) is 1.78. The van der Waals surface area contributed by atoms with Crippen molar-refractivity contribution in [1.82, 2.24) is 4.98 Å². The number of rotatable bonds is 2. The Kier molecular flexibility index (Phi) is 4.32. The van der Waals surface area contributed by atoms with Crippen molar-refractivity contribution in [1.29, 1.82) is 0 Å². The molecule has 33 heavy (non-hydrogen) atoms. The van der Waals surface area contributed by atoms with E-state index in [4.69, 9.17) is 23.2 Å². The van der Waals surface area contributed by atoms with Gasteiger partial charge in [-0.05, 0) is 61.0 Å². The first kappa shape index (κ1) is 20.8. The fraction of sp³-hybridized carbons (Fsp3) is 0.160. The average Bonchev–Trinajstić information content (AvgIpc) is 3.39. The van der Waals surface area contributed by atoms with Gasteiger partial charge in [0.05, 0.1) is 22.5 Å². The molecule has 1 aromatic heterocycles. The molecule has 0 saturated carbocycles. The average molecular weight is 497 g/mol. The highest BCUT2D eigenvalue weighted by Gasteiger charge is 2.55. The van der Waals surface area contributed by atoms with E-state index in [1.54, 1.807) is 54.6 Å². The molecule has 1 aliphatic heterocycles. The third-order valence-corrected chi connectivity index (χ3v) is 8.99. The Balaban J connectivity index is 1.59. The molecule has 0 saturated heterocycles. The molecule has 1 atom stereocenters. The number of aryl methyl sites for hydroxylation is 1. The number of halogens is 2. The maximum absolute atomic E-state index is 13.7. The number of Topliss-reactive ketones (excluding diaryl/α,β-unsaturated/α-hetero) is 1. The van der Waals surface area contributed by atoms with E-state index < -0.39 is 15.4 Å². The molecule has 0 bridgehead atoms. The highest BCUT2D eigenvalue weighted by molar-refractivity contribution is 7.92. The first-order chi connectivity index (χ1) is 15.7. The Labute approximate surface area is 201 Å². The monoisotopic (exact) mass is 496 g/mol. The molecule has 166 valence electrons. The van der Waals surface area contributed by atoms with Crippen molar-refractivity contribution >= 4 is 55.6 Å². The lowest BCUT2D eigenvalue weighted by molar-refractivity contribution is 0.0983. The SMILES string of the molecule is Cc1ccc(S(=O)(=O)N2C[C@]3(CC(=O)c4c3[nH]c3ccc(Cl)cc43)c3cc(Cl)ccc32)cc1. The Bertz CT molecular complexity index is 1590.